The highest BCUT2D eigenvalue weighted by Gasteiger charge is 2.30. The van der Waals surface area contributed by atoms with Crippen LogP contribution >= 0.6 is 12.6 Å². The lowest BCUT2D eigenvalue weighted by atomic mass is 10.0. The van der Waals surface area contributed by atoms with Gasteiger partial charge in [-0.15, -0.1) is 0 Å². The third-order valence-electron chi connectivity index (χ3n) is 3.97. The number of amides is 3. The van der Waals surface area contributed by atoms with Gasteiger partial charge in [0.2, 0.25) is 17.7 Å². The Morgan fingerprint density at radius 3 is 1.75 bits per heavy atom. The van der Waals surface area contributed by atoms with E-state index in [4.69, 9.17) is 15.9 Å². The van der Waals surface area contributed by atoms with Gasteiger partial charge in [0.15, 0.2) is 0 Å². The van der Waals surface area contributed by atoms with Crippen molar-refractivity contribution in [3.05, 3.63) is 0 Å². The third kappa shape index (κ3) is 8.89. The van der Waals surface area contributed by atoms with E-state index in [0.717, 1.165) is 0 Å². The molecule has 0 heterocycles. The van der Waals surface area contributed by atoms with E-state index in [9.17, 15) is 19.2 Å². The highest BCUT2D eigenvalue weighted by atomic mass is 32.1. The summed E-state index contributed by atoms with van der Waals surface area (Å²) in [6.45, 7) is 6.51. The van der Waals surface area contributed by atoms with E-state index in [1.165, 1.54) is 0 Å². The van der Waals surface area contributed by atoms with Gasteiger partial charge in [-0.3, -0.25) is 14.4 Å². The van der Waals surface area contributed by atoms with E-state index in [0.29, 0.717) is 6.42 Å². The van der Waals surface area contributed by atoms with E-state index < -0.39 is 54.5 Å². The number of aliphatic hydroxyl groups is 1. The van der Waals surface area contributed by atoms with Crippen molar-refractivity contribution in [1.82, 2.24) is 16.0 Å². The molecule has 4 atom stereocenters. The number of carbonyl (C=O) groups excluding carboxylic acids is 3. The first kappa shape index (κ1) is 26.1. The smallest absolute Gasteiger partial charge is 0.328 e. The van der Waals surface area contributed by atoms with Gasteiger partial charge in [-0.25, -0.2) is 4.79 Å². The molecule has 7 N–H and O–H groups in total. The molecule has 3 amide bonds. The minimum Gasteiger partial charge on any atom is -0.480 e. The molecule has 4 unspecified atom stereocenters. The van der Waals surface area contributed by atoms with Crippen molar-refractivity contribution in [3.63, 3.8) is 0 Å². The van der Waals surface area contributed by atoms with Crippen LogP contribution in [-0.4, -0.2) is 70.4 Å². The molecule has 0 aromatic heterocycles. The Kier molecular flexibility index (Phi) is 11.7. The van der Waals surface area contributed by atoms with Crippen LogP contribution in [0, 0.1) is 11.8 Å². The number of carboxylic acid groups (broad SMARTS) is 1. The second-order valence-electron chi connectivity index (χ2n) is 7.29. The number of carbonyl (C=O) groups is 4. The molecule has 0 aliphatic rings. The summed E-state index contributed by atoms with van der Waals surface area (Å²) in [5.74, 6) is -3.46. The summed E-state index contributed by atoms with van der Waals surface area (Å²) in [4.78, 5) is 48.0. The number of aliphatic hydroxyl groups excluding tert-OH is 1. The van der Waals surface area contributed by atoms with Crippen LogP contribution in [0.4, 0.5) is 0 Å². The van der Waals surface area contributed by atoms with Crippen molar-refractivity contribution in [2.45, 2.75) is 58.3 Å². The normalized spacial score (nSPS) is 15.5. The van der Waals surface area contributed by atoms with E-state index in [-0.39, 0.29) is 17.6 Å². The van der Waals surface area contributed by atoms with E-state index >= 15 is 0 Å². The zero-order chi connectivity index (χ0) is 22.0. The number of nitrogens with one attached hydrogen (secondary N) is 3. The number of hydrogen-bond acceptors (Lipinski definition) is 7. The Hall–Kier alpha value is -1.85. The van der Waals surface area contributed by atoms with Gasteiger partial charge in [-0.2, -0.15) is 12.6 Å². The highest BCUT2D eigenvalue weighted by Crippen LogP contribution is 2.07. The fourth-order valence-electron chi connectivity index (χ4n) is 2.20. The number of aliphatic carboxylic acids is 1. The van der Waals surface area contributed by atoms with Gasteiger partial charge in [0, 0.05) is 5.75 Å². The first-order valence-electron chi connectivity index (χ1n) is 9.05. The zero-order valence-corrected chi connectivity index (χ0v) is 17.5. The molecule has 0 rings (SSSR count). The molecule has 0 radical (unpaired) electrons. The minimum atomic E-state index is -1.50. The van der Waals surface area contributed by atoms with Gasteiger partial charge in [0.05, 0.1) is 12.6 Å². The van der Waals surface area contributed by atoms with Crippen LogP contribution in [0.25, 0.3) is 0 Å². The summed E-state index contributed by atoms with van der Waals surface area (Å²) in [5, 5.41) is 25.1. The average Bonchev–Trinajstić information content (AvgIpc) is 2.61. The zero-order valence-electron chi connectivity index (χ0n) is 16.6. The summed E-state index contributed by atoms with van der Waals surface area (Å²) in [5.41, 5.74) is 5.81. The SMILES string of the molecule is CC(C)CC(NC(=O)C(N)C(C)C)C(=O)NC(CS)C(=O)NC(CO)C(=O)O. The monoisotopic (exact) mass is 420 g/mol. The van der Waals surface area contributed by atoms with Crippen molar-refractivity contribution >= 4 is 36.3 Å². The Morgan fingerprint density at radius 2 is 1.36 bits per heavy atom. The first-order chi connectivity index (χ1) is 12.9. The van der Waals surface area contributed by atoms with Crippen LogP contribution in [-0.2, 0) is 19.2 Å². The standard InChI is InChI=1S/C17H32N4O6S/c1-8(2)5-10(19-16(25)13(18)9(3)4)14(23)21-12(7-28)15(24)20-11(6-22)17(26)27/h8-13,22,28H,5-7,18H2,1-4H3,(H,19,25)(H,20,24)(H,21,23)(H,26,27). The van der Waals surface area contributed by atoms with Crippen LogP contribution in [0.5, 0.6) is 0 Å². The largest absolute Gasteiger partial charge is 0.480 e. The van der Waals surface area contributed by atoms with Crippen molar-refractivity contribution in [2.75, 3.05) is 12.4 Å². The second-order valence-corrected chi connectivity index (χ2v) is 7.65. The van der Waals surface area contributed by atoms with E-state index in [2.05, 4.69) is 28.6 Å². The highest BCUT2D eigenvalue weighted by molar-refractivity contribution is 7.80. The van der Waals surface area contributed by atoms with Crippen molar-refractivity contribution in [2.24, 2.45) is 17.6 Å². The maximum Gasteiger partial charge on any atom is 0.328 e. The predicted molar refractivity (Wildman–Crippen MR) is 107 cm³/mol. The molecule has 0 aliphatic carbocycles. The average molecular weight is 421 g/mol. The van der Waals surface area contributed by atoms with Gasteiger partial charge < -0.3 is 31.9 Å². The summed E-state index contributed by atoms with van der Waals surface area (Å²) < 4.78 is 0. The molecule has 0 aliphatic heterocycles. The number of thiol groups is 1. The predicted octanol–water partition coefficient (Wildman–Crippen LogP) is -1.52. The molecular formula is C17H32N4O6S. The fourth-order valence-corrected chi connectivity index (χ4v) is 2.45. The topological polar surface area (TPSA) is 171 Å². The maximum absolute atomic E-state index is 12.6. The molecule has 0 aromatic carbocycles. The number of carboxylic acids is 1. The number of nitrogens with two attached hydrogens (primary N) is 1. The van der Waals surface area contributed by atoms with Crippen LogP contribution in [0.2, 0.25) is 0 Å². The molecular weight excluding hydrogens is 388 g/mol. The maximum atomic E-state index is 12.6. The molecule has 28 heavy (non-hydrogen) atoms. The molecule has 0 saturated heterocycles. The van der Waals surface area contributed by atoms with Crippen molar-refractivity contribution in [3.8, 4) is 0 Å². The lowest BCUT2D eigenvalue weighted by Gasteiger charge is -2.25. The number of hydrogen-bond donors (Lipinski definition) is 7. The fraction of sp³-hybridized carbons (Fsp3) is 0.765. The Morgan fingerprint density at radius 1 is 0.893 bits per heavy atom. The van der Waals surface area contributed by atoms with E-state index in [1.807, 2.05) is 13.8 Å². The molecule has 10 nitrogen and oxygen atoms in total. The minimum absolute atomic E-state index is 0.0698. The van der Waals surface area contributed by atoms with Crippen LogP contribution in [0.15, 0.2) is 0 Å². The van der Waals surface area contributed by atoms with Gasteiger partial charge in [0.1, 0.15) is 18.1 Å². The molecule has 0 fully saturated rings. The third-order valence-corrected chi connectivity index (χ3v) is 4.34. The van der Waals surface area contributed by atoms with Gasteiger partial charge >= 0.3 is 5.97 Å². The number of rotatable bonds is 12. The summed E-state index contributed by atoms with van der Waals surface area (Å²) in [6.07, 6.45) is 0.317. The summed E-state index contributed by atoms with van der Waals surface area (Å²) >= 11 is 4.01. The lowest BCUT2D eigenvalue weighted by Crippen LogP contribution is -2.58. The Balaban J connectivity index is 5.17. The lowest BCUT2D eigenvalue weighted by molar-refractivity contribution is -0.143. The molecule has 11 heteroatoms. The first-order valence-corrected chi connectivity index (χ1v) is 9.68. The summed E-state index contributed by atoms with van der Waals surface area (Å²) in [7, 11) is 0. The van der Waals surface area contributed by atoms with Gasteiger partial charge in [-0.1, -0.05) is 27.7 Å². The molecule has 0 bridgehead atoms. The second kappa shape index (κ2) is 12.6. The van der Waals surface area contributed by atoms with Crippen molar-refractivity contribution in [1.29, 1.82) is 0 Å². The Bertz CT molecular complexity index is 558. The van der Waals surface area contributed by atoms with Gasteiger partial charge in [0.25, 0.3) is 0 Å². The summed E-state index contributed by atoms with van der Waals surface area (Å²) in [6, 6.07) is -4.34. The quantitative estimate of drug-likeness (QED) is 0.188. The molecule has 0 saturated carbocycles. The molecule has 0 aromatic rings. The van der Waals surface area contributed by atoms with Crippen LogP contribution in [0.1, 0.15) is 34.1 Å². The Labute approximate surface area is 170 Å². The van der Waals surface area contributed by atoms with E-state index in [1.54, 1.807) is 13.8 Å². The molecule has 0 spiro atoms. The van der Waals surface area contributed by atoms with Crippen molar-refractivity contribution < 1.29 is 29.4 Å². The van der Waals surface area contributed by atoms with Gasteiger partial charge in [-0.05, 0) is 18.3 Å². The van der Waals surface area contributed by atoms with Crippen LogP contribution < -0.4 is 21.7 Å². The molecule has 162 valence electrons. The van der Waals surface area contributed by atoms with Crippen LogP contribution in [0.3, 0.4) is 0 Å².